The molecule has 1 aromatic carbocycles. The number of primary amides is 1. The smallest absolute Gasteiger partial charge is 0.266 e. The Bertz CT molecular complexity index is 806. The van der Waals surface area contributed by atoms with E-state index in [1.165, 1.54) is 6.20 Å². The normalized spacial score (nSPS) is 19.0. The van der Waals surface area contributed by atoms with Crippen LogP contribution in [0.3, 0.4) is 0 Å². The number of hydrogen-bond donors (Lipinski definition) is 1. The lowest BCUT2D eigenvalue weighted by atomic mass is 9.97. The molecule has 1 amide bonds. The molecule has 5 heteroatoms. The van der Waals surface area contributed by atoms with Crippen molar-refractivity contribution in [1.82, 2.24) is 9.55 Å². The average molecular weight is 295 g/mol. The van der Waals surface area contributed by atoms with E-state index in [1.807, 2.05) is 43.3 Å². The zero-order chi connectivity index (χ0) is 15.7. The molecule has 22 heavy (non-hydrogen) atoms. The van der Waals surface area contributed by atoms with E-state index in [9.17, 15) is 9.59 Å². The summed E-state index contributed by atoms with van der Waals surface area (Å²) >= 11 is 0. The number of hydrogen-bond acceptors (Lipinski definition) is 3. The molecule has 0 spiro atoms. The highest BCUT2D eigenvalue weighted by Gasteiger charge is 2.24. The molecule has 2 N–H and O–H groups in total. The van der Waals surface area contributed by atoms with Crippen LogP contribution in [0.2, 0.25) is 0 Å². The summed E-state index contributed by atoms with van der Waals surface area (Å²) in [6, 6.07) is 9.91. The highest BCUT2D eigenvalue weighted by Crippen LogP contribution is 2.31. The summed E-state index contributed by atoms with van der Waals surface area (Å²) in [4.78, 5) is 28.1. The first-order valence-electron chi connectivity index (χ1n) is 7.25. The molecule has 0 radical (unpaired) electrons. The van der Waals surface area contributed by atoms with Crippen LogP contribution in [-0.2, 0) is 0 Å². The predicted octanol–water partition coefficient (Wildman–Crippen LogP) is 2.24. The molecule has 1 unspecified atom stereocenters. The Morgan fingerprint density at radius 2 is 2.09 bits per heavy atom. The molecular formula is C17H17N3O2. The predicted molar refractivity (Wildman–Crippen MR) is 85.3 cm³/mol. The highest BCUT2D eigenvalue weighted by atomic mass is 16.2. The maximum absolute atomic E-state index is 12.5. The van der Waals surface area contributed by atoms with Gasteiger partial charge in [-0.3, -0.25) is 14.2 Å². The fraction of sp³-hybridized carbons (Fsp3) is 0.235. The summed E-state index contributed by atoms with van der Waals surface area (Å²) in [6.45, 7) is 1.96. The number of rotatable bonds is 2. The van der Waals surface area contributed by atoms with Gasteiger partial charge in [0.25, 0.3) is 11.5 Å². The van der Waals surface area contributed by atoms with Crippen molar-refractivity contribution >= 4 is 17.6 Å². The zero-order valence-electron chi connectivity index (χ0n) is 12.3. The Labute approximate surface area is 128 Å². The molecule has 1 aliphatic rings. The van der Waals surface area contributed by atoms with Gasteiger partial charge in [0.1, 0.15) is 11.4 Å². The van der Waals surface area contributed by atoms with Crippen molar-refractivity contribution in [2.45, 2.75) is 25.8 Å². The topological polar surface area (TPSA) is 78.0 Å². The molecule has 5 nitrogen and oxygen atoms in total. The van der Waals surface area contributed by atoms with Crippen LogP contribution in [0.1, 0.15) is 47.6 Å². The molecule has 0 fully saturated rings. The summed E-state index contributed by atoms with van der Waals surface area (Å²) in [5.41, 5.74) is 6.89. The molecule has 3 rings (SSSR count). The lowest BCUT2D eigenvalue weighted by molar-refractivity contribution is 0.0997. The van der Waals surface area contributed by atoms with E-state index in [0.29, 0.717) is 5.82 Å². The van der Waals surface area contributed by atoms with Gasteiger partial charge in [-0.25, -0.2) is 4.98 Å². The molecule has 0 saturated carbocycles. The van der Waals surface area contributed by atoms with Gasteiger partial charge in [0, 0.05) is 12.2 Å². The molecular weight excluding hydrogens is 278 g/mol. The van der Waals surface area contributed by atoms with Gasteiger partial charge >= 0.3 is 0 Å². The first-order valence-corrected chi connectivity index (χ1v) is 7.25. The van der Waals surface area contributed by atoms with Crippen LogP contribution >= 0.6 is 0 Å². The molecule has 2 aromatic rings. The van der Waals surface area contributed by atoms with Crippen LogP contribution < -0.4 is 11.3 Å². The Morgan fingerprint density at radius 1 is 1.36 bits per heavy atom. The van der Waals surface area contributed by atoms with E-state index in [1.54, 1.807) is 4.57 Å². The van der Waals surface area contributed by atoms with Crippen molar-refractivity contribution in [2.75, 3.05) is 0 Å². The van der Waals surface area contributed by atoms with Crippen molar-refractivity contribution in [3.05, 3.63) is 63.8 Å². The summed E-state index contributed by atoms with van der Waals surface area (Å²) in [7, 11) is 0. The van der Waals surface area contributed by atoms with Crippen LogP contribution in [0.5, 0.6) is 0 Å². The third kappa shape index (κ3) is 2.45. The third-order valence-corrected chi connectivity index (χ3v) is 3.96. The fourth-order valence-electron chi connectivity index (χ4n) is 2.78. The molecule has 0 aliphatic carbocycles. The van der Waals surface area contributed by atoms with Crippen LogP contribution in [-0.4, -0.2) is 15.5 Å². The first-order chi connectivity index (χ1) is 10.6. The van der Waals surface area contributed by atoms with E-state index >= 15 is 0 Å². The monoisotopic (exact) mass is 295 g/mol. The Hall–Kier alpha value is -2.69. The minimum atomic E-state index is -0.737. The van der Waals surface area contributed by atoms with Gasteiger partial charge in [0.15, 0.2) is 0 Å². The summed E-state index contributed by atoms with van der Waals surface area (Å²) < 4.78 is 1.58. The van der Waals surface area contributed by atoms with Crippen LogP contribution in [0.25, 0.3) is 11.6 Å². The zero-order valence-corrected chi connectivity index (χ0v) is 12.3. The van der Waals surface area contributed by atoms with E-state index in [-0.39, 0.29) is 17.2 Å². The maximum atomic E-state index is 12.5. The second-order valence-electron chi connectivity index (χ2n) is 5.50. The lowest BCUT2D eigenvalue weighted by Gasteiger charge is -2.26. The number of aromatic nitrogens is 2. The number of allylic oxidation sites excluding steroid dienone is 1. The largest absolute Gasteiger partial charge is 0.365 e. The fourth-order valence-corrected chi connectivity index (χ4v) is 2.78. The molecule has 1 aliphatic heterocycles. The lowest BCUT2D eigenvalue weighted by Crippen LogP contribution is -2.35. The summed E-state index contributed by atoms with van der Waals surface area (Å²) in [5.74, 6) is -0.114. The van der Waals surface area contributed by atoms with E-state index in [2.05, 4.69) is 4.98 Å². The van der Waals surface area contributed by atoms with Gasteiger partial charge in [-0.05, 0) is 37.0 Å². The second kappa shape index (κ2) is 5.60. The molecule has 1 atom stereocenters. The number of nitrogens with two attached hydrogens (primary N) is 1. The summed E-state index contributed by atoms with van der Waals surface area (Å²) in [6.07, 6.45) is 5.00. The van der Waals surface area contributed by atoms with Crippen molar-refractivity contribution in [2.24, 2.45) is 5.73 Å². The van der Waals surface area contributed by atoms with Crippen molar-refractivity contribution in [1.29, 1.82) is 0 Å². The van der Waals surface area contributed by atoms with Crippen LogP contribution in [0.15, 0.2) is 41.3 Å². The quantitative estimate of drug-likeness (QED) is 0.923. The van der Waals surface area contributed by atoms with Crippen molar-refractivity contribution < 1.29 is 4.79 Å². The van der Waals surface area contributed by atoms with Gasteiger partial charge in [-0.15, -0.1) is 0 Å². The first kappa shape index (κ1) is 14.3. The molecule has 1 aromatic heterocycles. The molecule has 112 valence electrons. The number of carbonyl (C=O) groups is 1. The van der Waals surface area contributed by atoms with Gasteiger partial charge < -0.3 is 5.73 Å². The standard InChI is InChI=1S/C17H17N3O2/c1-11-7-8-13(9-12-5-3-2-4-6-12)16-19-10-14(15(18)21)17(22)20(11)16/h2-6,9-11H,7-8H2,1H3,(H2,18,21)/b13-9-. The molecule has 2 heterocycles. The third-order valence-electron chi connectivity index (χ3n) is 3.96. The highest BCUT2D eigenvalue weighted by molar-refractivity contribution is 5.92. The van der Waals surface area contributed by atoms with Gasteiger partial charge in [-0.1, -0.05) is 30.3 Å². The van der Waals surface area contributed by atoms with Gasteiger partial charge in [0.2, 0.25) is 0 Å². The second-order valence-corrected chi connectivity index (χ2v) is 5.50. The van der Waals surface area contributed by atoms with Crippen molar-refractivity contribution in [3.8, 4) is 0 Å². The molecule has 0 bridgehead atoms. The Balaban J connectivity index is 2.16. The minimum Gasteiger partial charge on any atom is -0.365 e. The van der Waals surface area contributed by atoms with Gasteiger partial charge in [0.05, 0.1) is 0 Å². The molecule has 0 saturated heterocycles. The van der Waals surface area contributed by atoms with Crippen molar-refractivity contribution in [3.63, 3.8) is 0 Å². The van der Waals surface area contributed by atoms with Gasteiger partial charge in [-0.2, -0.15) is 0 Å². The number of carbonyl (C=O) groups excluding carboxylic acids is 1. The minimum absolute atomic E-state index is 0.00206. The Morgan fingerprint density at radius 3 is 2.77 bits per heavy atom. The summed E-state index contributed by atoms with van der Waals surface area (Å²) in [5, 5.41) is 0. The number of nitrogens with zero attached hydrogens (tertiary/aromatic N) is 2. The number of amides is 1. The van der Waals surface area contributed by atoms with E-state index < -0.39 is 5.91 Å². The van der Waals surface area contributed by atoms with E-state index in [4.69, 9.17) is 5.73 Å². The van der Waals surface area contributed by atoms with Crippen LogP contribution in [0, 0.1) is 0 Å². The average Bonchev–Trinajstić information content (AvgIpc) is 2.51. The maximum Gasteiger partial charge on any atom is 0.266 e. The number of benzene rings is 1. The Kier molecular flexibility index (Phi) is 3.63. The van der Waals surface area contributed by atoms with Crippen LogP contribution in [0.4, 0.5) is 0 Å². The number of fused-ring (bicyclic) bond motifs is 1. The van der Waals surface area contributed by atoms with E-state index in [0.717, 1.165) is 24.0 Å². The SMILES string of the molecule is CC1CC/C(=C/c2ccccc2)c2ncc(C(N)=O)c(=O)n21.